The second kappa shape index (κ2) is 8.28. The van der Waals surface area contributed by atoms with Crippen LogP contribution in [-0.4, -0.2) is 17.3 Å². The SMILES string of the molecule is CC(C)(C)C(CCBr)NC(=O)CCC1CCCCC1. The van der Waals surface area contributed by atoms with Gasteiger partial charge in [-0.1, -0.05) is 68.8 Å². The number of nitrogens with one attached hydrogen (secondary N) is 1. The molecule has 1 rings (SSSR count). The van der Waals surface area contributed by atoms with Crippen molar-refractivity contribution in [2.24, 2.45) is 11.3 Å². The average molecular weight is 332 g/mol. The summed E-state index contributed by atoms with van der Waals surface area (Å²) in [7, 11) is 0. The Kier molecular flexibility index (Phi) is 7.41. The summed E-state index contributed by atoms with van der Waals surface area (Å²) >= 11 is 3.48. The van der Waals surface area contributed by atoms with Crippen LogP contribution in [0.3, 0.4) is 0 Å². The van der Waals surface area contributed by atoms with Crippen LogP contribution in [0, 0.1) is 11.3 Å². The molecule has 0 aromatic rings. The van der Waals surface area contributed by atoms with Crippen molar-refractivity contribution >= 4 is 21.8 Å². The van der Waals surface area contributed by atoms with Gasteiger partial charge in [0.2, 0.25) is 5.91 Å². The van der Waals surface area contributed by atoms with Gasteiger partial charge < -0.3 is 5.32 Å². The first-order valence-electron chi connectivity index (χ1n) is 7.79. The predicted molar refractivity (Wildman–Crippen MR) is 85.6 cm³/mol. The summed E-state index contributed by atoms with van der Waals surface area (Å²) < 4.78 is 0. The molecule has 0 bridgehead atoms. The number of alkyl halides is 1. The molecule has 0 aromatic heterocycles. The number of halogens is 1. The molecule has 3 heteroatoms. The summed E-state index contributed by atoms with van der Waals surface area (Å²) in [5.74, 6) is 1.04. The fourth-order valence-electron chi connectivity index (χ4n) is 2.91. The van der Waals surface area contributed by atoms with Crippen LogP contribution in [0.15, 0.2) is 0 Å². The van der Waals surface area contributed by atoms with Crippen LogP contribution in [0.25, 0.3) is 0 Å². The van der Waals surface area contributed by atoms with E-state index in [1.54, 1.807) is 0 Å². The summed E-state index contributed by atoms with van der Waals surface area (Å²) in [5, 5.41) is 4.17. The van der Waals surface area contributed by atoms with Gasteiger partial charge in [0, 0.05) is 17.8 Å². The molecular weight excluding hydrogens is 302 g/mol. The third-order valence-corrected chi connectivity index (χ3v) is 4.74. The Balaban J connectivity index is 2.31. The minimum atomic E-state index is 0.133. The Morgan fingerprint density at radius 2 is 1.89 bits per heavy atom. The van der Waals surface area contributed by atoms with Crippen LogP contribution in [0.1, 0.15) is 72.1 Å². The Bertz CT molecular complexity index is 266. The number of hydrogen-bond donors (Lipinski definition) is 1. The van der Waals surface area contributed by atoms with Crippen molar-refractivity contribution < 1.29 is 4.79 Å². The summed E-state index contributed by atoms with van der Waals surface area (Å²) in [6.07, 6.45) is 9.56. The molecule has 0 radical (unpaired) electrons. The summed E-state index contributed by atoms with van der Waals surface area (Å²) in [5.41, 5.74) is 0.133. The molecule has 1 amide bonds. The third kappa shape index (κ3) is 6.78. The second-order valence-corrected chi connectivity index (χ2v) is 7.80. The highest BCUT2D eigenvalue weighted by Crippen LogP contribution is 2.27. The van der Waals surface area contributed by atoms with Gasteiger partial charge in [-0.25, -0.2) is 0 Å². The number of rotatable bonds is 6. The van der Waals surface area contributed by atoms with E-state index in [9.17, 15) is 4.79 Å². The van der Waals surface area contributed by atoms with Crippen molar-refractivity contribution in [3.63, 3.8) is 0 Å². The van der Waals surface area contributed by atoms with E-state index in [1.165, 1.54) is 32.1 Å². The molecule has 0 heterocycles. The van der Waals surface area contributed by atoms with E-state index in [0.29, 0.717) is 6.42 Å². The lowest BCUT2D eigenvalue weighted by atomic mass is 9.84. The summed E-state index contributed by atoms with van der Waals surface area (Å²) in [6.45, 7) is 6.59. The molecule has 1 fully saturated rings. The quantitative estimate of drug-likeness (QED) is 0.704. The van der Waals surface area contributed by atoms with Crippen LogP contribution >= 0.6 is 15.9 Å². The molecule has 1 unspecified atom stereocenters. The minimum Gasteiger partial charge on any atom is -0.353 e. The van der Waals surface area contributed by atoms with Gasteiger partial charge in [0.1, 0.15) is 0 Å². The van der Waals surface area contributed by atoms with Gasteiger partial charge in [-0.15, -0.1) is 0 Å². The fourth-order valence-corrected chi connectivity index (χ4v) is 3.37. The molecule has 0 spiro atoms. The van der Waals surface area contributed by atoms with Crippen LogP contribution in [0.4, 0.5) is 0 Å². The maximum absolute atomic E-state index is 12.1. The lowest BCUT2D eigenvalue weighted by Crippen LogP contribution is -2.44. The molecule has 1 atom stereocenters. The van der Waals surface area contributed by atoms with E-state index in [-0.39, 0.29) is 17.4 Å². The highest BCUT2D eigenvalue weighted by atomic mass is 79.9. The highest BCUT2D eigenvalue weighted by Gasteiger charge is 2.25. The summed E-state index contributed by atoms with van der Waals surface area (Å²) in [4.78, 5) is 12.1. The van der Waals surface area contributed by atoms with E-state index < -0.39 is 0 Å². The number of carbonyl (C=O) groups is 1. The third-order valence-electron chi connectivity index (χ3n) is 4.28. The van der Waals surface area contributed by atoms with Crippen molar-refractivity contribution in [2.45, 2.75) is 78.2 Å². The van der Waals surface area contributed by atoms with E-state index >= 15 is 0 Å². The Hall–Kier alpha value is -0.0500. The van der Waals surface area contributed by atoms with Crippen LogP contribution < -0.4 is 5.32 Å². The predicted octanol–water partition coefficient (Wildman–Crippen LogP) is 4.66. The smallest absolute Gasteiger partial charge is 0.220 e. The highest BCUT2D eigenvalue weighted by molar-refractivity contribution is 9.09. The standard InChI is InChI=1S/C16H30BrNO/c1-16(2,3)14(11-12-17)18-15(19)10-9-13-7-5-4-6-8-13/h13-14H,4-12H2,1-3H3,(H,18,19). The van der Waals surface area contributed by atoms with E-state index in [0.717, 1.165) is 24.1 Å². The Morgan fingerprint density at radius 3 is 2.42 bits per heavy atom. The zero-order valence-corrected chi connectivity index (χ0v) is 14.4. The topological polar surface area (TPSA) is 29.1 Å². The van der Waals surface area contributed by atoms with Crippen molar-refractivity contribution in [1.29, 1.82) is 0 Å². The first kappa shape index (κ1) is 17.0. The van der Waals surface area contributed by atoms with Gasteiger partial charge in [0.15, 0.2) is 0 Å². The van der Waals surface area contributed by atoms with Gasteiger partial charge in [0.25, 0.3) is 0 Å². The fraction of sp³-hybridized carbons (Fsp3) is 0.938. The molecule has 1 aliphatic carbocycles. The van der Waals surface area contributed by atoms with Crippen LogP contribution in [-0.2, 0) is 4.79 Å². The maximum Gasteiger partial charge on any atom is 0.220 e. The minimum absolute atomic E-state index is 0.133. The second-order valence-electron chi connectivity index (χ2n) is 7.01. The zero-order chi connectivity index (χ0) is 14.3. The maximum atomic E-state index is 12.1. The van der Waals surface area contributed by atoms with Crippen LogP contribution in [0.2, 0.25) is 0 Å². The Labute approximate surface area is 127 Å². The zero-order valence-electron chi connectivity index (χ0n) is 12.8. The molecule has 1 saturated carbocycles. The lowest BCUT2D eigenvalue weighted by molar-refractivity contribution is -0.122. The molecule has 0 aromatic carbocycles. The van der Waals surface area contributed by atoms with E-state index in [2.05, 4.69) is 42.0 Å². The van der Waals surface area contributed by atoms with Crippen LogP contribution in [0.5, 0.6) is 0 Å². The molecule has 19 heavy (non-hydrogen) atoms. The Morgan fingerprint density at radius 1 is 1.26 bits per heavy atom. The number of carbonyl (C=O) groups excluding carboxylic acids is 1. The van der Waals surface area contributed by atoms with Gasteiger partial charge >= 0.3 is 0 Å². The first-order valence-corrected chi connectivity index (χ1v) is 8.91. The monoisotopic (exact) mass is 331 g/mol. The van der Waals surface area contributed by atoms with Gasteiger partial charge in [-0.05, 0) is 24.2 Å². The molecule has 0 aliphatic heterocycles. The number of amides is 1. The average Bonchev–Trinajstić information content (AvgIpc) is 2.36. The first-order chi connectivity index (χ1) is 8.93. The normalized spacial score (nSPS) is 19.2. The van der Waals surface area contributed by atoms with E-state index in [1.807, 2.05) is 0 Å². The van der Waals surface area contributed by atoms with Gasteiger partial charge in [-0.3, -0.25) is 4.79 Å². The molecular formula is C16H30BrNO. The van der Waals surface area contributed by atoms with Crippen molar-refractivity contribution in [3.8, 4) is 0 Å². The lowest BCUT2D eigenvalue weighted by Gasteiger charge is -2.31. The van der Waals surface area contributed by atoms with Crippen molar-refractivity contribution in [3.05, 3.63) is 0 Å². The van der Waals surface area contributed by atoms with Gasteiger partial charge in [-0.2, -0.15) is 0 Å². The van der Waals surface area contributed by atoms with E-state index in [4.69, 9.17) is 0 Å². The number of hydrogen-bond acceptors (Lipinski definition) is 1. The van der Waals surface area contributed by atoms with Crippen molar-refractivity contribution in [1.82, 2.24) is 5.32 Å². The molecule has 2 nitrogen and oxygen atoms in total. The molecule has 1 N–H and O–H groups in total. The molecule has 112 valence electrons. The van der Waals surface area contributed by atoms with Crippen molar-refractivity contribution in [2.75, 3.05) is 5.33 Å². The largest absolute Gasteiger partial charge is 0.353 e. The van der Waals surface area contributed by atoms with Gasteiger partial charge in [0.05, 0.1) is 0 Å². The molecule has 1 aliphatic rings. The molecule has 0 saturated heterocycles. The summed E-state index contributed by atoms with van der Waals surface area (Å²) in [6, 6.07) is 0.269.